The van der Waals surface area contributed by atoms with Crippen molar-refractivity contribution in [2.75, 3.05) is 0 Å². The van der Waals surface area contributed by atoms with Gasteiger partial charge in [0.1, 0.15) is 5.56 Å². The van der Waals surface area contributed by atoms with Crippen molar-refractivity contribution in [1.82, 2.24) is 14.8 Å². The summed E-state index contributed by atoms with van der Waals surface area (Å²) in [6.45, 7) is 1.60. The number of nitrogens with zero attached hydrogens (tertiary/aromatic N) is 3. The minimum Gasteiger partial charge on any atom is -0.478 e. The van der Waals surface area contributed by atoms with E-state index in [1.54, 1.807) is 6.92 Å². The number of carbonyl (C=O) groups is 1. The van der Waals surface area contributed by atoms with Crippen molar-refractivity contribution in [3.63, 3.8) is 0 Å². The van der Waals surface area contributed by atoms with Gasteiger partial charge in [-0.1, -0.05) is 0 Å². The molecule has 0 amide bonds. The highest BCUT2D eigenvalue weighted by molar-refractivity contribution is 9.10. The lowest BCUT2D eigenvalue weighted by molar-refractivity contribution is -0.143. The van der Waals surface area contributed by atoms with E-state index < -0.39 is 23.4 Å². The van der Waals surface area contributed by atoms with Gasteiger partial charge >= 0.3 is 12.1 Å². The average molecular weight is 350 g/mol. The molecule has 0 saturated carbocycles. The number of aryl methyl sites for hydroxylation is 1. The number of hydrogen-bond acceptors (Lipinski definition) is 3. The summed E-state index contributed by atoms with van der Waals surface area (Å²) in [6, 6.07) is 1.31. The molecule has 0 aliphatic heterocycles. The van der Waals surface area contributed by atoms with Crippen LogP contribution in [0.15, 0.2) is 22.9 Å². The number of rotatable bonds is 2. The molecule has 2 aromatic rings. The number of alkyl halides is 3. The van der Waals surface area contributed by atoms with Crippen LogP contribution >= 0.6 is 15.9 Å². The SMILES string of the molecule is Cc1nccc(-n2ncc(C(=O)O)c2C(F)(F)F)c1Br. The molecule has 106 valence electrons. The Hall–Kier alpha value is -1.90. The van der Waals surface area contributed by atoms with Gasteiger partial charge in [-0.05, 0) is 28.9 Å². The highest BCUT2D eigenvalue weighted by atomic mass is 79.9. The zero-order valence-corrected chi connectivity index (χ0v) is 11.5. The Bertz CT molecular complexity index is 682. The number of carboxylic acids is 1. The van der Waals surface area contributed by atoms with Crippen molar-refractivity contribution < 1.29 is 23.1 Å². The quantitative estimate of drug-likeness (QED) is 0.904. The van der Waals surface area contributed by atoms with Crippen molar-refractivity contribution in [2.45, 2.75) is 13.1 Å². The Morgan fingerprint density at radius 1 is 1.45 bits per heavy atom. The van der Waals surface area contributed by atoms with E-state index in [2.05, 4.69) is 26.0 Å². The molecule has 0 bridgehead atoms. The van der Waals surface area contributed by atoms with E-state index in [9.17, 15) is 18.0 Å². The van der Waals surface area contributed by atoms with E-state index in [0.29, 0.717) is 21.0 Å². The number of hydrogen-bond donors (Lipinski definition) is 1. The first-order valence-corrected chi connectivity index (χ1v) is 6.02. The van der Waals surface area contributed by atoms with E-state index in [4.69, 9.17) is 5.11 Å². The van der Waals surface area contributed by atoms with Crippen LogP contribution in [0.3, 0.4) is 0 Å². The van der Waals surface area contributed by atoms with Crippen LogP contribution in [0.25, 0.3) is 5.69 Å². The van der Waals surface area contributed by atoms with Gasteiger partial charge in [0.15, 0.2) is 5.69 Å². The molecule has 9 heteroatoms. The Balaban J connectivity index is 2.76. The van der Waals surface area contributed by atoms with Gasteiger partial charge in [0.2, 0.25) is 0 Å². The minimum absolute atomic E-state index is 0.0670. The van der Waals surface area contributed by atoms with Gasteiger partial charge in [-0.25, -0.2) is 9.48 Å². The Morgan fingerprint density at radius 3 is 2.65 bits per heavy atom. The lowest BCUT2D eigenvalue weighted by Gasteiger charge is -2.13. The summed E-state index contributed by atoms with van der Waals surface area (Å²) in [4.78, 5) is 14.8. The summed E-state index contributed by atoms with van der Waals surface area (Å²) in [6.07, 6.45) is -2.86. The third-order valence-electron chi connectivity index (χ3n) is 2.54. The molecule has 0 aliphatic carbocycles. The molecular formula is C11H7BrF3N3O2. The molecular weight excluding hydrogens is 343 g/mol. The summed E-state index contributed by atoms with van der Waals surface area (Å²) >= 11 is 3.13. The third-order valence-corrected chi connectivity index (χ3v) is 3.52. The van der Waals surface area contributed by atoms with Crippen LogP contribution in [0.4, 0.5) is 13.2 Å². The molecule has 1 N–H and O–H groups in total. The zero-order chi connectivity index (χ0) is 15.1. The van der Waals surface area contributed by atoms with E-state index in [1.807, 2.05) is 0 Å². The molecule has 0 aliphatic rings. The van der Waals surface area contributed by atoms with Gasteiger partial charge in [0, 0.05) is 6.20 Å². The maximum atomic E-state index is 13.1. The molecule has 0 unspecified atom stereocenters. The van der Waals surface area contributed by atoms with Crippen LogP contribution in [0, 0.1) is 6.92 Å². The number of aromatic nitrogens is 3. The topological polar surface area (TPSA) is 68.0 Å². The standard InChI is InChI=1S/C11H7BrF3N3O2/c1-5-8(12)7(2-3-16-5)18-9(11(13,14)15)6(4-17-18)10(19)20/h2-4H,1H3,(H,19,20). The third kappa shape index (κ3) is 2.40. The predicted molar refractivity (Wildman–Crippen MR) is 65.8 cm³/mol. The van der Waals surface area contributed by atoms with Crippen LogP contribution < -0.4 is 0 Å². The fourth-order valence-electron chi connectivity index (χ4n) is 1.66. The molecule has 2 aromatic heterocycles. The van der Waals surface area contributed by atoms with Crippen LogP contribution in [0.5, 0.6) is 0 Å². The summed E-state index contributed by atoms with van der Waals surface area (Å²) in [5.74, 6) is -1.69. The maximum Gasteiger partial charge on any atom is 0.434 e. The van der Waals surface area contributed by atoms with Crippen LogP contribution in [-0.2, 0) is 6.18 Å². The molecule has 0 atom stereocenters. The van der Waals surface area contributed by atoms with Gasteiger partial charge in [-0.2, -0.15) is 18.3 Å². The molecule has 0 saturated heterocycles. The molecule has 0 radical (unpaired) electrons. The van der Waals surface area contributed by atoms with Crippen molar-refractivity contribution in [1.29, 1.82) is 0 Å². The van der Waals surface area contributed by atoms with Crippen LogP contribution in [0.1, 0.15) is 21.7 Å². The van der Waals surface area contributed by atoms with E-state index in [-0.39, 0.29) is 5.69 Å². The lowest BCUT2D eigenvalue weighted by atomic mass is 10.2. The van der Waals surface area contributed by atoms with E-state index in [0.717, 1.165) is 0 Å². The predicted octanol–water partition coefficient (Wildman–Crippen LogP) is 3.06. The van der Waals surface area contributed by atoms with Gasteiger partial charge in [0.25, 0.3) is 0 Å². The maximum absolute atomic E-state index is 13.1. The first kappa shape index (κ1) is 14.5. The summed E-state index contributed by atoms with van der Waals surface area (Å²) in [7, 11) is 0. The molecule has 0 spiro atoms. The molecule has 0 fully saturated rings. The monoisotopic (exact) mass is 349 g/mol. The summed E-state index contributed by atoms with van der Waals surface area (Å²) in [5, 5.41) is 12.4. The van der Waals surface area contributed by atoms with Gasteiger partial charge in [0.05, 0.1) is 22.1 Å². The van der Waals surface area contributed by atoms with Crippen LogP contribution in [0.2, 0.25) is 0 Å². The zero-order valence-electron chi connectivity index (χ0n) is 9.94. The first-order chi connectivity index (χ1) is 9.23. The fourth-order valence-corrected chi connectivity index (χ4v) is 2.06. The number of halogens is 4. The van der Waals surface area contributed by atoms with Crippen molar-refractivity contribution in [2.24, 2.45) is 0 Å². The number of carboxylic acid groups (broad SMARTS) is 1. The van der Waals surface area contributed by atoms with E-state index in [1.165, 1.54) is 12.3 Å². The number of pyridine rings is 1. The van der Waals surface area contributed by atoms with Crippen LogP contribution in [-0.4, -0.2) is 25.8 Å². The van der Waals surface area contributed by atoms with Gasteiger partial charge in [-0.15, -0.1) is 0 Å². The van der Waals surface area contributed by atoms with Gasteiger partial charge < -0.3 is 5.11 Å². The van der Waals surface area contributed by atoms with Crippen molar-refractivity contribution in [3.8, 4) is 5.69 Å². The minimum atomic E-state index is -4.85. The molecule has 2 heterocycles. The average Bonchev–Trinajstić information content (AvgIpc) is 2.77. The van der Waals surface area contributed by atoms with Crippen molar-refractivity contribution >= 4 is 21.9 Å². The molecule has 5 nitrogen and oxygen atoms in total. The largest absolute Gasteiger partial charge is 0.478 e. The molecule has 20 heavy (non-hydrogen) atoms. The summed E-state index contributed by atoms with van der Waals surface area (Å²) in [5.41, 5.74) is -1.71. The fraction of sp³-hybridized carbons (Fsp3) is 0.182. The van der Waals surface area contributed by atoms with Gasteiger partial charge in [-0.3, -0.25) is 4.98 Å². The first-order valence-electron chi connectivity index (χ1n) is 5.23. The highest BCUT2D eigenvalue weighted by Gasteiger charge is 2.41. The normalized spacial score (nSPS) is 11.7. The Kier molecular flexibility index (Phi) is 3.55. The second kappa shape index (κ2) is 4.89. The second-order valence-electron chi connectivity index (χ2n) is 3.85. The molecule has 0 aromatic carbocycles. The summed E-state index contributed by atoms with van der Waals surface area (Å²) < 4.78 is 40.1. The lowest BCUT2D eigenvalue weighted by Crippen LogP contribution is -2.17. The highest BCUT2D eigenvalue weighted by Crippen LogP contribution is 2.35. The smallest absolute Gasteiger partial charge is 0.434 e. The Labute approximate surface area is 119 Å². The number of aromatic carboxylic acids is 1. The second-order valence-corrected chi connectivity index (χ2v) is 4.64. The Morgan fingerprint density at radius 2 is 2.10 bits per heavy atom. The van der Waals surface area contributed by atoms with E-state index >= 15 is 0 Å². The molecule has 2 rings (SSSR count). The van der Waals surface area contributed by atoms with Crippen molar-refractivity contribution in [3.05, 3.63) is 39.9 Å².